The highest BCUT2D eigenvalue weighted by Gasteiger charge is 1.99. The highest BCUT2D eigenvalue weighted by molar-refractivity contribution is 5.97. The number of allylic oxidation sites excluding steroid dienone is 4. The Kier molecular flexibility index (Phi) is 3.75. The van der Waals surface area contributed by atoms with E-state index in [0.29, 0.717) is 6.61 Å². The van der Waals surface area contributed by atoms with E-state index in [1.165, 1.54) is 0 Å². The summed E-state index contributed by atoms with van der Waals surface area (Å²) < 4.78 is 4.63. The second kappa shape index (κ2) is 5.13. The fourth-order valence-electron chi connectivity index (χ4n) is 0.866. The van der Waals surface area contributed by atoms with Crippen molar-refractivity contribution < 1.29 is 9.53 Å². The lowest BCUT2D eigenvalue weighted by atomic mass is 10.2. The van der Waals surface area contributed by atoms with Gasteiger partial charge in [-0.05, 0) is 13.0 Å². The molecule has 4 nitrogen and oxygen atoms in total. The van der Waals surface area contributed by atoms with Crippen LogP contribution in [0.25, 0.3) is 0 Å². The molecule has 0 aromatic rings. The van der Waals surface area contributed by atoms with Gasteiger partial charge in [0.25, 0.3) is 0 Å². The van der Waals surface area contributed by atoms with Crippen molar-refractivity contribution in [2.75, 3.05) is 6.61 Å². The topological polar surface area (TPSA) is 50.7 Å². The monoisotopic (exact) mass is 180 g/mol. The zero-order valence-corrected chi connectivity index (χ0v) is 7.49. The molecule has 13 heavy (non-hydrogen) atoms. The molecule has 4 heteroatoms. The molecule has 0 heterocycles. The summed E-state index contributed by atoms with van der Waals surface area (Å²) in [7, 11) is 0. The van der Waals surface area contributed by atoms with Crippen molar-refractivity contribution in [3.63, 3.8) is 0 Å². The van der Waals surface area contributed by atoms with Crippen molar-refractivity contribution in [2.45, 2.75) is 13.3 Å². The van der Waals surface area contributed by atoms with E-state index in [9.17, 15) is 4.79 Å². The van der Waals surface area contributed by atoms with Crippen molar-refractivity contribution in [3.05, 3.63) is 24.3 Å². The van der Waals surface area contributed by atoms with Gasteiger partial charge in [0.1, 0.15) is 0 Å². The Morgan fingerprint density at radius 1 is 1.69 bits per heavy atom. The summed E-state index contributed by atoms with van der Waals surface area (Å²) in [6.07, 6.45) is 7.83. The average molecular weight is 180 g/mol. The van der Waals surface area contributed by atoms with Gasteiger partial charge in [0.05, 0.1) is 12.3 Å². The van der Waals surface area contributed by atoms with Crippen molar-refractivity contribution in [1.29, 1.82) is 0 Å². The van der Waals surface area contributed by atoms with E-state index < -0.39 is 6.09 Å². The van der Waals surface area contributed by atoms with Crippen molar-refractivity contribution in [2.24, 2.45) is 5.10 Å². The van der Waals surface area contributed by atoms with Gasteiger partial charge in [-0.25, -0.2) is 10.2 Å². The smallest absolute Gasteiger partial charge is 0.427 e. The minimum atomic E-state index is -0.516. The number of nitrogens with zero attached hydrogens (tertiary/aromatic N) is 1. The molecule has 1 N–H and O–H groups in total. The fourth-order valence-corrected chi connectivity index (χ4v) is 0.866. The summed E-state index contributed by atoms with van der Waals surface area (Å²) in [5, 5.41) is 3.86. The van der Waals surface area contributed by atoms with Crippen LogP contribution < -0.4 is 5.43 Å². The Bertz CT molecular complexity index is 267. The molecule has 1 aliphatic carbocycles. The van der Waals surface area contributed by atoms with Crippen molar-refractivity contribution in [3.8, 4) is 0 Å². The van der Waals surface area contributed by atoms with E-state index in [1.807, 2.05) is 24.3 Å². The van der Waals surface area contributed by atoms with E-state index in [4.69, 9.17) is 0 Å². The van der Waals surface area contributed by atoms with Crippen LogP contribution in [0.3, 0.4) is 0 Å². The van der Waals surface area contributed by atoms with Crippen LogP contribution in [0.15, 0.2) is 29.4 Å². The maximum atomic E-state index is 10.8. The standard InChI is InChI=1S/C9H12N2O2/c1-2-13-9(12)11-10-8-6-4-3-5-7-8/h3-6H,2,7H2,1H3,(H,11,12). The number of rotatable bonds is 2. The van der Waals surface area contributed by atoms with Gasteiger partial charge >= 0.3 is 6.09 Å². The van der Waals surface area contributed by atoms with E-state index in [-0.39, 0.29) is 0 Å². The van der Waals surface area contributed by atoms with Gasteiger partial charge in [0, 0.05) is 6.42 Å². The molecule has 0 aromatic heterocycles. The van der Waals surface area contributed by atoms with Crippen LogP contribution in [-0.4, -0.2) is 18.4 Å². The van der Waals surface area contributed by atoms with Crippen LogP contribution in [-0.2, 0) is 4.74 Å². The second-order valence-corrected chi connectivity index (χ2v) is 2.43. The lowest BCUT2D eigenvalue weighted by Gasteiger charge is -2.02. The molecule has 70 valence electrons. The predicted octanol–water partition coefficient (Wildman–Crippen LogP) is 1.60. The quantitative estimate of drug-likeness (QED) is 0.656. The van der Waals surface area contributed by atoms with Crippen LogP contribution in [0, 0.1) is 0 Å². The van der Waals surface area contributed by atoms with Crippen LogP contribution in [0.4, 0.5) is 4.79 Å². The number of carbonyl (C=O) groups is 1. The Morgan fingerprint density at radius 3 is 3.15 bits per heavy atom. The fraction of sp³-hybridized carbons (Fsp3) is 0.333. The Balaban J connectivity index is 2.35. The molecule has 0 atom stereocenters. The molecule has 0 bridgehead atoms. The highest BCUT2D eigenvalue weighted by Crippen LogP contribution is 1.97. The summed E-state index contributed by atoms with van der Waals surface area (Å²) in [5.41, 5.74) is 3.11. The zero-order chi connectivity index (χ0) is 9.52. The van der Waals surface area contributed by atoms with E-state index in [1.54, 1.807) is 6.92 Å². The number of hydrazone groups is 1. The molecule has 1 aliphatic rings. The molecular weight excluding hydrogens is 168 g/mol. The summed E-state index contributed by atoms with van der Waals surface area (Å²) in [4.78, 5) is 10.8. The molecule has 1 amide bonds. The SMILES string of the molecule is CCOC(=O)NN=C1C=CC=CC1. The number of hydrogen-bond donors (Lipinski definition) is 1. The Labute approximate surface area is 77.0 Å². The molecule has 0 fully saturated rings. The molecule has 0 saturated carbocycles. The number of nitrogens with one attached hydrogen (secondary N) is 1. The van der Waals surface area contributed by atoms with Crippen LogP contribution in [0.5, 0.6) is 0 Å². The first-order valence-electron chi connectivity index (χ1n) is 4.15. The summed E-state index contributed by atoms with van der Waals surface area (Å²) in [5.74, 6) is 0. The lowest BCUT2D eigenvalue weighted by molar-refractivity contribution is 0.152. The maximum Gasteiger partial charge on any atom is 0.427 e. The van der Waals surface area contributed by atoms with Gasteiger partial charge in [-0.3, -0.25) is 0 Å². The summed E-state index contributed by atoms with van der Waals surface area (Å²) in [6.45, 7) is 2.10. The van der Waals surface area contributed by atoms with Gasteiger partial charge in [-0.15, -0.1) is 0 Å². The predicted molar refractivity (Wildman–Crippen MR) is 50.5 cm³/mol. The minimum absolute atomic E-state index is 0.354. The number of carbonyl (C=O) groups excluding carboxylic acids is 1. The molecule has 0 saturated heterocycles. The first-order valence-corrected chi connectivity index (χ1v) is 4.15. The van der Waals surface area contributed by atoms with Crippen LogP contribution in [0.2, 0.25) is 0 Å². The summed E-state index contributed by atoms with van der Waals surface area (Å²) in [6, 6.07) is 0. The van der Waals surface area contributed by atoms with Crippen LogP contribution in [0.1, 0.15) is 13.3 Å². The third-order valence-electron chi connectivity index (χ3n) is 1.43. The normalized spacial score (nSPS) is 17.5. The van der Waals surface area contributed by atoms with E-state index in [0.717, 1.165) is 12.1 Å². The third-order valence-corrected chi connectivity index (χ3v) is 1.43. The Morgan fingerprint density at radius 2 is 2.54 bits per heavy atom. The largest absolute Gasteiger partial charge is 0.449 e. The lowest BCUT2D eigenvalue weighted by Crippen LogP contribution is -2.20. The molecule has 0 unspecified atom stereocenters. The zero-order valence-electron chi connectivity index (χ0n) is 7.49. The summed E-state index contributed by atoms with van der Waals surface area (Å²) >= 11 is 0. The van der Waals surface area contributed by atoms with Gasteiger partial charge < -0.3 is 4.74 Å². The maximum absolute atomic E-state index is 10.8. The Hall–Kier alpha value is -1.58. The van der Waals surface area contributed by atoms with Crippen molar-refractivity contribution >= 4 is 11.8 Å². The van der Waals surface area contributed by atoms with E-state index >= 15 is 0 Å². The average Bonchev–Trinajstić information content (AvgIpc) is 2.17. The molecule has 1 rings (SSSR count). The van der Waals surface area contributed by atoms with Gasteiger partial charge in [-0.1, -0.05) is 18.2 Å². The molecule has 0 spiro atoms. The van der Waals surface area contributed by atoms with Crippen LogP contribution >= 0.6 is 0 Å². The second-order valence-electron chi connectivity index (χ2n) is 2.43. The molecular formula is C9H12N2O2. The van der Waals surface area contributed by atoms with Crippen molar-refractivity contribution in [1.82, 2.24) is 5.43 Å². The molecule has 0 aromatic carbocycles. The van der Waals surface area contributed by atoms with Gasteiger partial charge in [-0.2, -0.15) is 5.10 Å². The molecule has 0 aliphatic heterocycles. The highest BCUT2D eigenvalue weighted by atomic mass is 16.5. The third kappa shape index (κ3) is 3.55. The minimum Gasteiger partial charge on any atom is -0.449 e. The van der Waals surface area contributed by atoms with Gasteiger partial charge in [0.15, 0.2) is 0 Å². The number of ether oxygens (including phenoxy) is 1. The first-order chi connectivity index (χ1) is 6.33. The van der Waals surface area contributed by atoms with E-state index in [2.05, 4.69) is 15.3 Å². The molecule has 0 radical (unpaired) electrons. The number of amides is 1. The number of hydrogen-bond acceptors (Lipinski definition) is 3. The first kappa shape index (κ1) is 9.51. The van der Waals surface area contributed by atoms with Gasteiger partial charge in [0.2, 0.25) is 0 Å².